The molecule has 0 saturated heterocycles. The third-order valence-electron chi connectivity index (χ3n) is 3.64. The zero-order valence-electron chi connectivity index (χ0n) is 10.8. The van der Waals surface area contributed by atoms with Gasteiger partial charge >= 0.3 is 5.97 Å². The van der Waals surface area contributed by atoms with Crippen molar-refractivity contribution in [3.05, 3.63) is 34.1 Å². The van der Waals surface area contributed by atoms with Crippen LogP contribution < -0.4 is 5.32 Å². The van der Waals surface area contributed by atoms with E-state index in [0.717, 1.165) is 25.3 Å². The van der Waals surface area contributed by atoms with Gasteiger partial charge in [-0.25, -0.2) is 9.18 Å². The average molecular weight is 344 g/mol. The number of nitrogens with one attached hydrogen (secondary N) is 1. The Hall–Kier alpha value is -1.43. The number of amides is 1. The number of carbonyl (C=O) groups excluding carboxylic acids is 1. The van der Waals surface area contributed by atoms with Crippen LogP contribution in [0.25, 0.3) is 0 Å². The van der Waals surface area contributed by atoms with Crippen LogP contribution in [0.1, 0.15) is 42.5 Å². The van der Waals surface area contributed by atoms with Crippen LogP contribution in [-0.2, 0) is 4.79 Å². The van der Waals surface area contributed by atoms with Crippen molar-refractivity contribution in [1.29, 1.82) is 0 Å². The highest BCUT2D eigenvalue weighted by atomic mass is 79.9. The highest BCUT2D eigenvalue weighted by Crippen LogP contribution is 2.29. The van der Waals surface area contributed by atoms with Gasteiger partial charge in [-0.05, 0) is 47.0 Å². The minimum absolute atomic E-state index is 0.108. The van der Waals surface area contributed by atoms with E-state index in [9.17, 15) is 19.1 Å². The second kappa shape index (κ2) is 5.91. The van der Waals surface area contributed by atoms with Crippen molar-refractivity contribution in [2.45, 2.75) is 37.6 Å². The standard InChI is InChI=1S/C14H15BrFNO3/c15-11-5-4-9(16)8-10(11)12(18)17-14(13(19)20)6-2-1-3-7-14/h4-5,8H,1-3,6-7H2,(H,17,18)(H,19,20). The molecule has 2 rings (SSSR count). The fourth-order valence-corrected chi connectivity index (χ4v) is 2.93. The summed E-state index contributed by atoms with van der Waals surface area (Å²) in [6, 6.07) is 3.75. The van der Waals surface area contributed by atoms with Gasteiger partial charge in [0.1, 0.15) is 11.4 Å². The lowest BCUT2D eigenvalue weighted by Crippen LogP contribution is -2.55. The van der Waals surface area contributed by atoms with Gasteiger partial charge in [0.25, 0.3) is 5.91 Å². The molecule has 0 aliphatic heterocycles. The van der Waals surface area contributed by atoms with E-state index in [4.69, 9.17) is 0 Å². The van der Waals surface area contributed by atoms with Crippen LogP contribution in [0.4, 0.5) is 4.39 Å². The van der Waals surface area contributed by atoms with E-state index in [-0.39, 0.29) is 5.56 Å². The molecule has 108 valence electrons. The molecule has 1 aliphatic rings. The third kappa shape index (κ3) is 3.00. The third-order valence-corrected chi connectivity index (χ3v) is 4.33. The molecule has 1 aromatic carbocycles. The molecule has 2 N–H and O–H groups in total. The monoisotopic (exact) mass is 343 g/mol. The number of carboxylic acids is 1. The van der Waals surface area contributed by atoms with Crippen LogP contribution in [0, 0.1) is 5.82 Å². The van der Waals surface area contributed by atoms with Gasteiger partial charge in [-0.3, -0.25) is 4.79 Å². The molecule has 0 unspecified atom stereocenters. The first-order valence-corrected chi connectivity index (χ1v) is 7.25. The lowest BCUT2D eigenvalue weighted by molar-refractivity contribution is -0.145. The number of halogens is 2. The van der Waals surface area contributed by atoms with E-state index in [2.05, 4.69) is 21.2 Å². The van der Waals surface area contributed by atoms with Crippen LogP contribution in [0.2, 0.25) is 0 Å². The summed E-state index contributed by atoms with van der Waals surface area (Å²) < 4.78 is 13.7. The van der Waals surface area contributed by atoms with Crippen molar-refractivity contribution in [2.75, 3.05) is 0 Å². The summed E-state index contributed by atoms with van der Waals surface area (Å²) in [5, 5.41) is 12.0. The van der Waals surface area contributed by atoms with Gasteiger partial charge in [0.15, 0.2) is 0 Å². The summed E-state index contributed by atoms with van der Waals surface area (Å²) in [5.41, 5.74) is -1.13. The Labute approximate surface area is 124 Å². The quantitative estimate of drug-likeness (QED) is 0.886. The molecular formula is C14H15BrFNO3. The minimum atomic E-state index is -1.24. The number of carbonyl (C=O) groups is 2. The van der Waals surface area contributed by atoms with Crippen LogP contribution in [0.15, 0.2) is 22.7 Å². The van der Waals surface area contributed by atoms with Crippen LogP contribution in [0.5, 0.6) is 0 Å². The van der Waals surface area contributed by atoms with Gasteiger partial charge in [-0.2, -0.15) is 0 Å². The molecule has 0 heterocycles. The van der Waals surface area contributed by atoms with E-state index >= 15 is 0 Å². The Morgan fingerprint density at radius 1 is 1.25 bits per heavy atom. The number of carboxylic acid groups (broad SMARTS) is 1. The van der Waals surface area contributed by atoms with Gasteiger partial charge in [-0.1, -0.05) is 19.3 Å². The molecule has 1 aliphatic carbocycles. The first-order chi connectivity index (χ1) is 9.44. The Balaban J connectivity index is 2.24. The second-order valence-electron chi connectivity index (χ2n) is 5.03. The average Bonchev–Trinajstić information content (AvgIpc) is 2.42. The largest absolute Gasteiger partial charge is 0.480 e. The summed E-state index contributed by atoms with van der Waals surface area (Å²) >= 11 is 3.18. The number of benzene rings is 1. The van der Waals surface area contributed by atoms with E-state index in [0.29, 0.717) is 17.3 Å². The van der Waals surface area contributed by atoms with Gasteiger partial charge in [0.05, 0.1) is 5.56 Å². The summed E-state index contributed by atoms with van der Waals surface area (Å²) in [5.74, 6) is -2.13. The Kier molecular flexibility index (Phi) is 4.42. The summed E-state index contributed by atoms with van der Waals surface area (Å²) in [6.45, 7) is 0. The first-order valence-electron chi connectivity index (χ1n) is 6.45. The maximum Gasteiger partial charge on any atom is 0.329 e. The Morgan fingerprint density at radius 2 is 1.90 bits per heavy atom. The first kappa shape index (κ1) is 15.0. The van der Waals surface area contributed by atoms with Crippen molar-refractivity contribution in [3.8, 4) is 0 Å². The molecule has 0 atom stereocenters. The maximum absolute atomic E-state index is 13.2. The zero-order chi connectivity index (χ0) is 14.8. The van der Waals surface area contributed by atoms with Gasteiger partial charge < -0.3 is 10.4 Å². The van der Waals surface area contributed by atoms with Crippen molar-refractivity contribution < 1.29 is 19.1 Å². The molecule has 4 nitrogen and oxygen atoms in total. The maximum atomic E-state index is 13.2. The van der Waals surface area contributed by atoms with Gasteiger partial charge in [0.2, 0.25) is 0 Å². The molecule has 0 aromatic heterocycles. The molecule has 1 saturated carbocycles. The second-order valence-corrected chi connectivity index (χ2v) is 5.88. The van der Waals surface area contributed by atoms with Crippen LogP contribution in [0.3, 0.4) is 0 Å². The van der Waals surface area contributed by atoms with Crippen molar-refractivity contribution >= 4 is 27.8 Å². The fourth-order valence-electron chi connectivity index (χ4n) is 2.50. The SMILES string of the molecule is O=C(NC1(C(=O)O)CCCCC1)c1cc(F)ccc1Br. The molecule has 1 aromatic rings. The topological polar surface area (TPSA) is 66.4 Å². The predicted octanol–water partition coefficient (Wildman–Crippen LogP) is 3.11. The van der Waals surface area contributed by atoms with E-state index in [1.54, 1.807) is 0 Å². The van der Waals surface area contributed by atoms with Gasteiger partial charge in [-0.15, -0.1) is 0 Å². The van der Waals surface area contributed by atoms with Crippen LogP contribution in [-0.4, -0.2) is 22.5 Å². The van der Waals surface area contributed by atoms with E-state index in [1.807, 2.05) is 0 Å². The number of hydrogen-bond donors (Lipinski definition) is 2. The van der Waals surface area contributed by atoms with E-state index in [1.165, 1.54) is 12.1 Å². The summed E-state index contributed by atoms with van der Waals surface area (Å²) in [4.78, 5) is 23.7. The highest BCUT2D eigenvalue weighted by molar-refractivity contribution is 9.10. The normalized spacial score (nSPS) is 17.5. The molecule has 0 bridgehead atoms. The van der Waals surface area contributed by atoms with Crippen molar-refractivity contribution in [2.24, 2.45) is 0 Å². The number of hydrogen-bond acceptors (Lipinski definition) is 2. The van der Waals surface area contributed by atoms with Crippen molar-refractivity contribution in [3.63, 3.8) is 0 Å². The van der Waals surface area contributed by atoms with E-state index < -0.39 is 23.2 Å². The predicted molar refractivity (Wildman–Crippen MR) is 75.0 cm³/mol. The van der Waals surface area contributed by atoms with Gasteiger partial charge in [0, 0.05) is 4.47 Å². The summed E-state index contributed by atoms with van der Waals surface area (Å²) in [6.07, 6.45) is 3.30. The summed E-state index contributed by atoms with van der Waals surface area (Å²) in [7, 11) is 0. The Morgan fingerprint density at radius 3 is 2.50 bits per heavy atom. The van der Waals surface area contributed by atoms with Crippen molar-refractivity contribution in [1.82, 2.24) is 5.32 Å². The number of aliphatic carboxylic acids is 1. The fraction of sp³-hybridized carbons (Fsp3) is 0.429. The number of rotatable bonds is 3. The molecule has 1 fully saturated rings. The lowest BCUT2D eigenvalue weighted by atomic mass is 9.81. The van der Waals surface area contributed by atoms with Crippen LogP contribution >= 0.6 is 15.9 Å². The molecule has 20 heavy (non-hydrogen) atoms. The molecule has 0 radical (unpaired) electrons. The molecule has 6 heteroatoms. The molecule has 1 amide bonds. The highest BCUT2D eigenvalue weighted by Gasteiger charge is 2.41. The lowest BCUT2D eigenvalue weighted by Gasteiger charge is -2.34. The molecule has 0 spiro atoms. The minimum Gasteiger partial charge on any atom is -0.480 e. The Bertz CT molecular complexity index is 541. The molecular weight excluding hydrogens is 329 g/mol. The zero-order valence-corrected chi connectivity index (χ0v) is 12.4. The smallest absolute Gasteiger partial charge is 0.329 e.